The Balaban J connectivity index is 1.76. The molecule has 1 atom stereocenters. The minimum atomic E-state index is -0.139. The number of carbonyl (C=O) groups excluding carboxylic acids is 1. The topological polar surface area (TPSA) is 71.8 Å². The van der Waals surface area contributed by atoms with Crippen molar-refractivity contribution in [2.45, 2.75) is 32.9 Å². The first kappa shape index (κ1) is 15.9. The van der Waals surface area contributed by atoms with Gasteiger partial charge in [-0.2, -0.15) is 5.10 Å². The number of hydrogen-bond donors (Lipinski definition) is 1. The predicted molar refractivity (Wildman–Crippen MR) is 86.3 cm³/mol. The van der Waals surface area contributed by atoms with Gasteiger partial charge >= 0.3 is 0 Å². The molecule has 2 aromatic rings. The van der Waals surface area contributed by atoms with Crippen molar-refractivity contribution >= 4 is 11.6 Å². The van der Waals surface area contributed by atoms with Crippen LogP contribution in [-0.2, 0) is 11.3 Å². The molecule has 1 fully saturated rings. The molecule has 0 aromatic carbocycles. The molecule has 0 bridgehead atoms. The van der Waals surface area contributed by atoms with Gasteiger partial charge in [0.2, 0.25) is 0 Å². The van der Waals surface area contributed by atoms with Crippen molar-refractivity contribution in [3.05, 3.63) is 29.7 Å². The van der Waals surface area contributed by atoms with Crippen molar-refractivity contribution in [1.82, 2.24) is 24.8 Å². The van der Waals surface area contributed by atoms with E-state index in [4.69, 9.17) is 4.74 Å². The SMILES string of the molecule is CCN(CC)Cc1cnc2c(C(=O)NC3CCOC3)cnn2c1. The van der Waals surface area contributed by atoms with Gasteiger partial charge in [0.05, 0.1) is 18.8 Å². The Labute approximate surface area is 135 Å². The van der Waals surface area contributed by atoms with Crippen molar-refractivity contribution in [2.75, 3.05) is 26.3 Å². The first-order valence-corrected chi connectivity index (χ1v) is 8.14. The molecule has 0 saturated carbocycles. The predicted octanol–water partition coefficient (Wildman–Crippen LogP) is 1.09. The summed E-state index contributed by atoms with van der Waals surface area (Å²) in [6.45, 7) is 8.36. The van der Waals surface area contributed by atoms with E-state index >= 15 is 0 Å². The van der Waals surface area contributed by atoms with Crippen LogP contribution in [-0.4, -0.2) is 57.8 Å². The summed E-state index contributed by atoms with van der Waals surface area (Å²) in [4.78, 5) is 19.1. The molecular formula is C16H23N5O2. The van der Waals surface area contributed by atoms with Crippen molar-refractivity contribution < 1.29 is 9.53 Å². The van der Waals surface area contributed by atoms with E-state index in [1.54, 1.807) is 10.7 Å². The minimum Gasteiger partial charge on any atom is -0.379 e. The van der Waals surface area contributed by atoms with E-state index in [9.17, 15) is 4.79 Å². The summed E-state index contributed by atoms with van der Waals surface area (Å²) < 4.78 is 6.96. The van der Waals surface area contributed by atoms with Crippen LogP contribution < -0.4 is 5.32 Å². The number of hydrogen-bond acceptors (Lipinski definition) is 5. The third-order valence-electron chi connectivity index (χ3n) is 4.22. The highest BCUT2D eigenvalue weighted by Gasteiger charge is 2.21. The molecule has 1 N–H and O–H groups in total. The average Bonchev–Trinajstić information content (AvgIpc) is 3.21. The number of carbonyl (C=O) groups is 1. The largest absolute Gasteiger partial charge is 0.379 e. The molecule has 0 aliphatic carbocycles. The fraction of sp³-hybridized carbons (Fsp3) is 0.562. The lowest BCUT2D eigenvalue weighted by molar-refractivity contribution is 0.0931. The Morgan fingerprint density at radius 2 is 2.26 bits per heavy atom. The zero-order chi connectivity index (χ0) is 16.2. The van der Waals surface area contributed by atoms with E-state index in [0.717, 1.165) is 31.6 Å². The Morgan fingerprint density at radius 1 is 1.43 bits per heavy atom. The number of amides is 1. The van der Waals surface area contributed by atoms with Crippen LogP contribution in [0.3, 0.4) is 0 Å². The fourth-order valence-electron chi connectivity index (χ4n) is 2.77. The van der Waals surface area contributed by atoms with Gasteiger partial charge in [-0.05, 0) is 19.5 Å². The highest BCUT2D eigenvalue weighted by molar-refractivity contribution is 5.99. The van der Waals surface area contributed by atoms with Crippen LogP contribution in [0.15, 0.2) is 18.6 Å². The molecule has 7 heteroatoms. The van der Waals surface area contributed by atoms with Crippen molar-refractivity contribution in [2.24, 2.45) is 0 Å². The maximum atomic E-state index is 12.4. The van der Waals surface area contributed by atoms with Gasteiger partial charge in [-0.3, -0.25) is 9.69 Å². The van der Waals surface area contributed by atoms with E-state index < -0.39 is 0 Å². The third-order valence-corrected chi connectivity index (χ3v) is 4.22. The lowest BCUT2D eigenvalue weighted by Gasteiger charge is -2.17. The van der Waals surface area contributed by atoms with Crippen LogP contribution in [0.2, 0.25) is 0 Å². The second-order valence-corrected chi connectivity index (χ2v) is 5.78. The van der Waals surface area contributed by atoms with Gasteiger partial charge in [0, 0.05) is 31.1 Å². The van der Waals surface area contributed by atoms with Crippen LogP contribution in [0.1, 0.15) is 36.2 Å². The molecule has 0 radical (unpaired) electrons. The van der Waals surface area contributed by atoms with Gasteiger partial charge in [-0.25, -0.2) is 9.50 Å². The second-order valence-electron chi connectivity index (χ2n) is 5.78. The summed E-state index contributed by atoms with van der Waals surface area (Å²) in [5.41, 5.74) is 2.18. The monoisotopic (exact) mass is 317 g/mol. The Kier molecular flexibility index (Phi) is 4.88. The van der Waals surface area contributed by atoms with Crippen LogP contribution >= 0.6 is 0 Å². The van der Waals surface area contributed by atoms with Crippen molar-refractivity contribution in [3.63, 3.8) is 0 Å². The van der Waals surface area contributed by atoms with Crippen molar-refractivity contribution in [1.29, 1.82) is 0 Å². The third kappa shape index (κ3) is 3.51. The molecule has 1 aliphatic rings. The number of fused-ring (bicyclic) bond motifs is 1. The van der Waals surface area contributed by atoms with E-state index in [2.05, 4.69) is 34.1 Å². The average molecular weight is 317 g/mol. The molecule has 0 spiro atoms. The number of nitrogens with zero attached hydrogens (tertiary/aromatic N) is 4. The number of rotatable bonds is 6. The van der Waals surface area contributed by atoms with Gasteiger partial charge in [0.1, 0.15) is 5.56 Å². The van der Waals surface area contributed by atoms with Crippen LogP contribution in [0.4, 0.5) is 0 Å². The zero-order valence-electron chi connectivity index (χ0n) is 13.7. The quantitative estimate of drug-likeness (QED) is 0.863. The molecule has 1 aliphatic heterocycles. The lowest BCUT2D eigenvalue weighted by atomic mass is 10.2. The summed E-state index contributed by atoms with van der Waals surface area (Å²) >= 11 is 0. The Hall–Kier alpha value is -1.99. The summed E-state index contributed by atoms with van der Waals surface area (Å²) in [5.74, 6) is -0.139. The summed E-state index contributed by atoms with van der Waals surface area (Å²) in [7, 11) is 0. The molecule has 23 heavy (non-hydrogen) atoms. The van der Waals surface area contributed by atoms with Crippen molar-refractivity contribution in [3.8, 4) is 0 Å². The Morgan fingerprint density at radius 3 is 2.96 bits per heavy atom. The normalized spacial score (nSPS) is 18.0. The molecule has 1 amide bonds. The highest BCUT2D eigenvalue weighted by atomic mass is 16.5. The zero-order valence-corrected chi connectivity index (χ0v) is 13.7. The molecule has 1 unspecified atom stereocenters. The molecule has 124 valence electrons. The smallest absolute Gasteiger partial charge is 0.257 e. The van der Waals surface area contributed by atoms with E-state index in [-0.39, 0.29) is 11.9 Å². The number of nitrogens with one attached hydrogen (secondary N) is 1. The molecule has 1 saturated heterocycles. The van der Waals surface area contributed by atoms with Crippen LogP contribution in [0.25, 0.3) is 5.65 Å². The van der Waals surface area contributed by atoms with Crippen LogP contribution in [0, 0.1) is 0 Å². The van der Waals surface area contributed by atoms with E-state index in [1.165, 1.54) is 0 Å². The Bertz CT molecular complexity index is 674. The first-order chi connectivity index (χ1) is 11.2. The fourth-order valence-corrected chi connectivity index (χ4v) is 2.77. The summed E-state index contributed by atoms with van der Waals surface area (Å²) in [6.07, 6.45) is 6.20. The summed E-state index contributed by atoms with van der Waals surface area (Å²) in [6, 6.07) is 0.0828. The maximum Gasteiger partial charge on any atom is 0.257 e. The van der Waals surface area contributed by atoms with Gasteiger partial charge in [-0.1, -0.05) is 13.8 Å². The van der Waals surface area contributed by atoms with E-state index in [0.29, 0.717) is 24.4 Å². The minimum absolute atomic E-state index is 0.0828. The van der Waals surface area contributed by atoms with Gasteiger partial charge < -0.3 is 10.1 Å². The second kappa shape index (κ2) is 7.06. The van der Waals surface area contributed by atoms with E-state index in [1.807, 2.05) is 12.4 Å². The molecule has 3 rings (SSSR count). The first-order valence-electron chi connectivity index (χ1n) is 8.14. The number of aromatic nitrogens is 3. The maximum absolute atomic E-state index is 12.4. The highest BCUT2D eigenvalue weighted by Crippen LogP contribution is 2.12. The van der Waals surface area contributed by atoms with Gasteiger partial charge in [0.15, 0.2) is 5.65 Å². The molecule has 2 aromatic heterocycles. The van der Waals surface area contributed by atoms with Gasteiger partial charge in [-0.15, -0.1) is 0 Å². The number of ether oxygens (including phenoxy) is 1. The summed E-state index contributed by atoms with van der Waals surface area (Å²) in [5, 5.41) is 7.25. The molecule has 7 nitrogen and oxygen atoms in total. The van der Waals surface area contributed by atoms with Crippen LogP contribution in [0.5, 0.6) is 0 Å². The molecule has 3 heterocycles. The standard InChI is InChI=1S/C16H23N5O2/c1-3-20(4-2)9-12-7-17-15-14(8-18-21(15)10-12)16(22)19-13-5-6-23-11-13/h7-8,10,13H,3-6,9,11H2,1-2H3,(H,19,22). The van der Waals surface area contributed by atoms with Gasteiger partial charge in [0.25, 0.3) is 5.91 Å². The lowest BCUT2D eigenvalue weighted by Crippen LogP contribution is -2.35. The molecular weight excluding hydrogens is 294 g/mol.